The highest BCUT2D eigenvalue weighted by molar-refractivity contribution is 5.85. The molecule has 0 radical (unpaired) electrons. The molecule has 2 aromatic heterocycles. The van der Waals surface area contributed by atoms with Crippen molar-refractivity contribution in [3.63, 3.8) is 0 Å². The third-order valence-electron chi connectivity index (χ3n) is 2.41. The molecule has 4 heteroatoms. The van der Waals surface area contributed by atoms with Gasteiger partial charge in [-0.05, 0) is 26.3 Å². The largest absolute Gasteiger partial charge is 0.354 e. The molecule has 0 amide bonds. The Kier molecular flexibility index (Phi) is 1.52. The average Bonchev–Trinajstić information content (AvgIpc) is 2.38. The van der Waals surface area contributed by atoms with Crippen molar-refractivity contribution < 1.29 is 0 Å². The van der Waals surface area contributed by atoms with E-state index in [0.29, 0.717) is 5.52 Å². The van der Waals surface area contributed by atoms with E-state index in [1.807, 2.05) is 20.8 Å². The molecule has 2 aromatic rings. The van der Waals surface area contributed by atoms with Gasteiger partial charge in [0.1, 0.15) is 5.52 Å². The fourth-order valence-electron chi connectivity index (χ4n) is 1.59. The van der Waals surface area contributed by atoms with Gasteiger partial charge in [-0.15, -0.1) is 0 Å². The van der Waals surface area contributed by atoms with Crippen molar-refractivity contribution in [2.45, 2.75) is 20.8 Å². The summed E-state index contributed by atoms with van der Waals surface area (Å²) in [4.78, 5) is 14.4. The summed E-state index contributed by atoms with van der Waals surface area (Å²) in [6.45, 7) is 5.83. The van der Waals surface area contributed by atoms with Crippen LogP contribution in [0.25, 0.3) is 10.9 Å². The number of nitrogens with zero attached hydrogens (tertiary/aromatic N) is 1. The van der Waals surface area contributed by atoms with E-state index in [0.717, 1.165) is 22.3 Å². The number of hydrogen-bond acceptors (Lipinski definition) is 2. The zero-order chi connectivity index (χ0) is 9.59. The minimum absolute atomic E-state index is 0.156. The van der Waals surface area contributed by atoms with Gasteiger partial charge in [0.25, 0.3) is 5.56 Å². The molecule has 2 rings (SSSR count). The van der Waals surface area contributed by atoms with Crippen molar-refractivity contribution in [2.24, 2.45) is 0 Å². The van der Waals surface area contributed by atoms with Crippen LogP contribution in [0.5, 0.6) is 0 Å². The number of aryl methyl sites for hydroxylation is 3. The van der Waals surface area contributed by atoms with E-state index < -0.39 is 0 Å². The molecule has 0 bridgehead atoms. The second-order valence-corrected chi connectivity index (χ2v) is 3.26. The molecular formula is C9H11N3O. The van der Waals surface area contributed by atoms with E-state index in [2.05, 4.69) is 15.2 Å². The molecule has 0 aliphatic rings. The summed E-state index contributed by atoms with van der Waals surface area (Å²) in [7, 11) is 0. The summed E-state index contributed by atoms with van der Waals surface area (Å²) in [6, 6.07) is 0. The van der Waals surface area contributed by atoms with Crippen LogP contribution >= 0.6 is 0 Å². The number of fused-ring (bicyclic) bond motifs is 1. The van der Waals surface area contributed by atoms with Crippen molar-refractivity contribution in [1.29, 1.82) is 0 Å². The lowest BCUT2D eigenvalue weighted by Crippen LogP contribution is -2.09. The molecule has 0 saturated heterocycles. The van der Waals surface area contributed by atoms with Crippen molar-refractivity contribution in [3.8, 4) is 0 Å². The molecule has 0 unspecified atom stereocenters. The highest BCUT2D eigenvalue weighted by Gasteiger charge is 2.09. The van der Waals surface area contributed by atoms with Gasteiger partial charge in [-0.25, -0.2) is 5.10 Å². The molecule has 0 aliphatic carbocycles. The maximum Gasteiger partial charge on any atom is 0.288 e. The normalized spacial score (nSPS) is 11.0. The number of nitrogens with one attached hydrogen (secondary N) is 2. The smallest absolute Gasteiger partial charge is 0.288 e. The summed E-state index contributed by atoms with van der Waals surface area (Å²) in [5.41, 5.74) is 3.46. The van der Waals surface area contributed by atoms with E-state index in [4.69, 9.17) is 0 Å². The molecule has 0 atom stereocenters. The second-order valence-electron chi connectivity index (χ2n) is 3.26. The van der Waals surface area contributed by atoms with Gasteiger partial charge >= 0.3 is 0 Å². The summed E-state index contributed by atoms with van der Waals surface area (Å²) >= 11 is 0. The first-order valence-electron chi connectivity index (χ1n) is 4.15. The van der Waals surface area contributed by atoms with E-state index in [-0.39, 0.29) is 5.56 Å². The number of aromatic amines is 2. The van der Waals surface area contributed by atoms with Crippen LogP contribution in [0, 0.1) is 20.8 Å². The molecule has 0 aromatic carbocycles. The van der Waals surface area contributed by atoms with E-state index in [9.17, 15) is 4.79 Å². The molecule has 0 spiro atoms. The van der Waals surface area contributed by atoms with Crippen LogP contribution in [-0.2, 0) is 0 Å². The number of rotatable bonds is 0. The summed E-state index contributed by atoms with van der Waals surface area (Å²) < 4.78 is 0. The average molecular weight is 177 g/mol. The lowest BCUT2D eigenvalue weighted by molar-refractivity contribution is 0.967. The van der Waals surface area contributed by atoms with Crippen LogP contribution in [0.2, 0.25) is 0 Å². The van der Waals surface area contributed by atoms with Crippen molar-refractivity contribution in [2.75, 3.05) is 0 Å². The van der Waals surface area contributed by atoms with E-state index in [1.54, 1.807) is 0 Å². The van der Waals surface area contributed by atoms with Crippen LogP contribution < -0.4 is 5.56 Å². The Hall–Kier alpha value is -1.58. The summed E-state index contributed by atoms with van der Waals surface area (Å²) in [6.07, 6.45) is 0. The Morgan fingerprint density at radius 2 is 1.92 bits per heavy atom. The van der Waals surface area contributed by atoms with Crippen molar-refractivity contribution >= 4 is 10.9 Å². The minimum Gasteiger partial charge on any atom is -0.354 e. The van der Waals surface area contributed by atoms with Crippen LogP contribution in [0.1, 0.15) is 17.0 Å². The first-order valence-corrected chi connectivity index (χ1v) is 4.15. The monoisotopic (exact) mass is 177 g/mol. The Bertz CT molecular complexity index is 521. The van der Waals surface area contributed by atoms with Crippen molar-refractivity contribution in [3.05, 3.63) is 27.3 Å². The number of aromatic nitrogens is 3. The van der Waals surface area contributed by atoms with Crippen LogP contribution in [0.4, 0.5) is 0 Å². The summed E-state index contributed by atoms with van der Waals surface area (Å²) in [5, 5.41) is 7.32. The topological polar surface area (TPSA) is 61.5 Å². The van der Waals surface area contributed by atoms with Crippen LogP contribution in [0.3, 0.4) is 0 Å². The SMILES string of the molecule is Cc1[nH]c2c(=O)[nH]nc(C)c2c1C. The van der Waals surface area contributed by atoms with Gasteiger partial charge < -0.3 is 4.98 Å². The fourth-order valence-corrected chi connectivity index (χ4v) is 1.59. The zero-order valence-corrected chi connectivity index (χ0v) is 7.86. The predicted octanol–water partition coefficient (Wildman–Crippen LogP) is 1.18. The number of hydrogen-bond donors (Lipinski definition) is 2. The Balaban J connectivity index is 3.09. The molecule has 68 valence electrons. The third-order valence-corrected chi connectivity index (χ3v) is 2.41. The number of H-pyrrole nitrogens is 2. The highest BCUT2D eigenvalue weighted by Crippen LogP contribution is 2.19. The van der Waals surface area contributed by atoms with Gasteiger partial charge in [0.2, 0.25) is 0 Å². The second kappa shape index (κ2) is 2.45. The van der Waals surface area contributed by atoms with Gasteiger partial charge in [0.05, 0.1) is 5.69 Å². The summed E-state index contributed by atoms with van der Waals surface area (Å²) in [5.74, 6) is 0. The lowest BCUT2D eigenvalue weighted by atomic mass is 10.1. The van der Waals surface area contributed by atoms with Gasteiger partial charge in [-0.2, -0.15) is 5.10 Å². The molecule has 13 heavy (non-hydrogen) atoms. The van der Waals surface area contributed by atoms with Gasteiger partial charge in [0, 0.05) is 11.1 Å². The maximum absolute atomic E-state index is 11.3. The Morgan fingerprint density at radius 3 is 2.54 bits per heavy atom. The Morgan fingerprint density at radius 1 is 1.23 bits per heavy atom. The van der Waals surface area contributed by atoms with E-state index >= 15 is 0 Å². The fraction of sp³-hybridized carbons (Fsp3) is 0.333. The van der Waals surface area contributed by atoms with Gasteiger partial charge in [-0.1, -0.05) is 0 Å². The van der Waals surface area contributed by atoms with Gasteiger partial charge in [0.15, 0.2) is 0 Å². The van der Waals surface area contributed by atoms with Crippen LogP contribution in [-0.4, -0.2) is 15.2 Å². The molecule has 2 N–H and O–H groups in total. The molecule has 0 saturated carbocycles. The molecule has 2 heterocycles. The minimum atomic E-state index is -0.156. The maximum atomic E-state index is 11.3. The molecular weight excluding hydrogens is 166 g/mol. The lowest BCUT2D eigenvalue weighted by Gasteiger charge is -1.94. The third kappa shape index (κ3) is 0.983. The quantitative estimate of drug-likeness (QED) is 0.634. The molecule has 0 fully saturated rings. The highest BCUT2D eigenvalue weighted by atomic mass is 16.1. The first-order chi connectivity index (χ1) is 6.11. The van der Waals surface area contributed by atoms with Crippen LogP contribution in [0.15, 0.2) is 4.79 Å². The zero-order valence-electron chi connectivity index (χ0n) is 7.86. The van der Waals surface area contributed by atoms with Gasteiger partial charge in [-0.3, -0.25) is 4.79 Å². The predicted molar refractivity (Wildman–Crippen MR) is 50.9 cm³/mol. The van der Waals surface area contributed by atoms with Crippen molar-refractivity contribution in [1.82, 2.24) is 15.2 Å². The first kappa shape index (κ1) is 8.04. The standard InChI is InChI=1S/C9H11N3O/c1-4-5(2)10-8-7(4)6(3)11-12-9(8)13/h10H,1-3H3,(H,12,13). The molecule has 4 nitrogen and oxygen atoms in total. The molecule has 0 aliphatic heterocycles. The Labute approximate surface area is 75.0 Å². The van der Waals surface area contributed by atoms with E-state index in [1.165, 1.54) is 0 Å².